The highest BCUT2D eigenvalue weighted by molar-refractivity contribution is 7.92. The largest absolute Gasteiger partial charge is 0.399 e. The fourth-order valence-electron chi connectivity index (χ4n) is 4.43. The summed E-state index contributed by atoms with van der Waals surface area (Å²) in [6.07, 6.45) is 1.45. The smallest absolute Gasteiger partial charge is 0.270 e. The second-order valence-electron chi connectivity index (χ2n) is 9.21. The molecule has 0 aliphatic carbocycles. The zero-order chi connectivity index (χ0) is 23.9. The summed E-state index contributed by atoms with van der Waals surface area (Å²) in [6, 6.07) is 11.5. The molecule has 170 valence electrons. The molecule has 3 aromatic rings. The lowest BCUT2D eigenvalue weighted by molar-refractivity contribution is 0.0863. The first kappa shape index (κ1) is 23.5. The zero-order valence-corrected chi connectivity index (χ0v) is 20.1. The highest BCUT2D eigenvalue weighted by Crippen LogP contribution is 2.49. The van der Waals surface area contributed by atoms with E-state index in [0.717, 1.165) is 16.7 Å². The first-order valence-electron chi connectivity index (χ1n) is 10.3. The lowest BCUT2D eigenvalue weighted by atomic mass is 9.77. The fraction of sp³-hybridized carbons (Fsp3) is 0.333. The van der Waals surface area contributed by atoms with Gasteiger partial charge in [0.15, 0.2) is 4.87 Å². The third-order valence-electron chi connectivity index (χ3n) is 5.69. The van der Waals surface area contributed by atoms with Crippen molar-refractivity contribution in [3.8, 4) is 0 Å². The Kier molecular flexibility index (Phi) is 5.95. The average Bonchev–Trinajstić information content (AvgIpc) is 3.20. The van der Waals surface area contributed by atoms with Crippen molar-refractivity contribution in [1.82, 2.24) is 15.5 Å². The fourth-order valence-corrected chi connectivity index (χ4v) is 6.96. The van der Waals surface area contributed by atoms with Gasteiger partial charge in [-0.1, -0.05) is 44.5 Å². The summed E-state index contributed by atoms with van der Waals surface area (Å²) in [4.78, 5) is 11.5. The van der Waals surface area contributed by atoms with Crippen LogP contribution in [0.15, 0.2) is 53.6 Å². The highest BCUT2D eigenvalue weighted by atomic mass is 32.2. The van der Waals surface area contributed by atoms with Gasteiger partial charge in [-0.15, -0.1) is 0 Å². The molecular formula is C24H30N4O3S. The first-order chi connectivity index (χ1) is 14.8. The number of nitrogens with one attached hydrogen (secondary N) is 2. The van der Waals surface area contributed by atoms with E-state index in [0.29, 0.717) is 11.3 Å². The number of rotatable bonds is 5. The van der Waals surface area contributed by atoms with Gasteiger partial charge in [0.2, 0.25) is 9.84 Å². The minimum Gasteiger partial charge on any atom is -0.399 e. The van der Waals surface area contributed by atoms with Gasteiger partial charge in [0.05, 0.1) is 4.90 Å². The molecule has 1 atom stereocenters. The van der Waals surface area contributed by atoms with Gasteiger partial charge in [0, 0.05) is 17.3 Å². The molecule has 3 rings (SSSR count). The number of aromatic amines is 1. The maximum atomic E-state index is 14.5. The van der Waals surface area contributed by atoms with Crippen molar-refractivity contribution in [1.29, 1.82) is 0 Å². The summed E-state index contributed by atoms with van der Waals surface area (Å²) in [7, 11) is -4.19. The number of hydrogen-bond acceptors (Lipinski definition) is 5. The summed E-state index contributed by atoms with van der Waals surface area (Å²) in [5, 5.41) is 9.37. The highest BCUT2D eigenvalue weighted by Gasteiger charge is 2.57. The summed E-state index contributed by atoms with van der Waals surface area (Å²) < 4.78 is 28.9. The predicted octanol–water partition coefficient (Wildman–Crippen LogP) is 4.02. The Morgan fingerprint density at radius 1 is 1.03 bits per heavy atom. The van der Waals surface area contributed by atoms with Gasteiger partial charge in [-0.2, -0.15) is 5.10 Å². The Hall–Kier alpha value is -3.13. The molecule has 0 aliphatic rings. The van der Waals surface area contributed by atoms with E-state index in [1.54, 1.807) is 12.1 Å². The molecule has 1 aromatic heterocycles. The molecule has 1 heterocycles. The molecule has 1 amide bonds. The van der Waals surface area contributed by atoms with E-state index in [1.807, 2.05) is 53.7 Å². The lowest BCUT2D eigenvalue weighted by Crippen LogP contribution is -2.60. The molecule has 0 bridgehead atoms. The molecule has 0 fully saturated rings. The topological polar surface area (TPSA) is 118 Å². The van der Waals surface area contributed by atoms with E-state index in [4.69, 9.17) is 5.73 Å². The molecule has 7 nitrogen and oxygen atoms in total. The SMILES string of the molecule is Cc1cc(C)c(C(NC(=O)c2ccn[nH]2)(C(C)(C)C)S(=O)(=O)c2cccc(N)c2)c(C)c1. The molecule has 0 aliphatic heterocycles. The van der Waals surface area contributed by atoms with Crippen molar-refractivity contribution in [2.45, 2.75) is 51.3 Å². The Labute approximate surface area is 189 Å². The maximum absolute atomic E-state index is 14.5. The normalized spacial score (nSPS) is 14.1. The molecule has 0 saturated carbocycles. The molecule has 0 saturated heterocycles. The number of aromatic nitrogens is 2. The van der Waals surface area contributed by atoms with Gasteiger partial charge in [-0.25, -0.2) is 8.42 Å². The number of hydrogen-bond donors (Lipinski definition) is 3. The van der Waals surface area contributed by atoms with E-state index in [1.165, 1.54) is 24.4 Å². The van der Waals surface area contributed by atoms with Crippen LogP contribution in [0, 0.1) is 26.2 Å². The minimum atomic E-state index is -4.19. The lowest BCUT2D eigenvalue weighted by Gasteiger charge is -2.46. The summed E-state index contributed by atoms with van der Waals surface area (Å²) in [5.41, 5.74) is 8.59. The molecule has 32 heavy (non-hydrogen) atoms. The summed E-state index contributed by atoms with van der Waals surface area (Å²) in [6.45, 7) is 11.1. The van der Waals surface area contributed by atoms with Gasteiger partial charge < -0.3 is 11.1 Å². The molecule has 1 unspecified atom stereocenters. The van der Waals surface area contributed by atoms with E-state index in [-0.39, 0.29) is 10.6 Å². The molecule has 2 aromatic carbocycles. The number of carbonyl (C=O) groups is 1. The van der Waals surface area contributed by atoms with Crippen LogP contribution < -0.4 is 11.1 Å². The van der Waals surface area contributed by atoms with Crippen LogP contribution in [0.3, 0.4) is 0 Å². The number of nitrogen functional groups attached to an aromatic ring is 1. The first-order valence-corrected chi connectivity index (χ1v) is 11.8. The van der Waals surface area contributed by atoms with Crippen LogP contribution in [-0.2, 0) is 14.7 Å². The van der Waals surface area contributed by atoms with Crippen LogP contribution in [0.2, 0.25) is 0 Å². The van der Waals surface area contributed by atoms with E-state index >= 15 is 0 Å². The van der Waals surface area contributed by atoms with Gasteiger partial charge in [-0.3, -0.25) is 9.89 Å². The molecule has 0 radical (unpaired) electrons. The number of nitrogens with two attached hydrogens (primary N) is 1. The van der Waals surface area contributed by atoms with Crippen molar-refractivity contribution in [2.75, 3.05) is 5.73 Å². The van der Waals surface area contributed by atoms with E-state index < -0.39 is 26.0 Å². The number of H-pyrrole nitrogens is 1. The maximum Gasteiger partial charge on any atom is 0.270 e. The van der Waals surface area contributed by atoms with E-state index in [2.05, 4.69) is 15.5 Å². The standard InChI is InChI=1S/C24H30N4O3S/c1-15-12-16(2)21(17(3)13-15)24(23(4,5)6,27-22(29)20-10-11-26-28-20)32(30,31)19-9-7-8-18(25)14-19/h7-14H,25H2,1-6H3,(H,26,28)(H,27,29). The minimum absolute atomic E-state index is 0.0386. The van der Waals surface area contributed by atoms with Crippen molar-refractivity contribution in [3.63, 3.8) is 0 Å². The third kappa shape index (κ3) is 3.79. The number of anilines is 1. The second-order valence-corrected chi connectivity index (χ2v) is 11.3. The van der Waals surface area contributed by atoms with Crippen molar-refractivity contribution < 1.29 is 13.2 Å². The number of amides is 1. The van der Waals surface area contributed by atoms with Gasteiger partial charge in [0.1, 0.15) is 5.69 Å². The van der Waals surface area contributed by atoms with Crippen molar-refractivity contribution in [2.24, 2.45) is 5.41 Å². The molecular weight excluding hydrogens is 424 g/mol. The molecule has 8 heteroatoms. The van der Waals surface area contributed by atoms with Crippen molar-refractivity contribution >= 4 is 21.4 Å². The third-order valence-corrected chi connectivity index (χ3v) is 8.29. The Bertz CT molecular complexity index is 1240. The van der Waals surface area contributed by atoms with Crippen LogP contribution in [-0.4, -0.2) is 24.5 Å². The van der Waals surface area contributed by atoms with Gasteiger partial charge in [0.25, 0.3) is 5.91 Å². The Balaban J connectivity index is 2.44. The van der Waals surface area contributed by atoms with Crippen LogP contribution >= 0.6 is 0 Å². The summed E-state index contributed by atoms with van der Waals surface area (Å²) >= 11 is 0. The van der Waals surface area contributed by atoms with Crippen LogP contribution in [0.5, 0.6) is 0 Å². The van der Waals surface area contributed by atoms with Gasteiger partial charge >= 0.3 is 0 Å². The summed E-state index contributed by atoms with van der Waals surface area (Å²) in [5.74, 6) is -0.565. The van der Waals surface area contributed by atoms with Gasteiger partial charge in [-0.05, 0) is 61.7 Å². The zero-order valence-electron chi connectivity index (χ0n) is 19.3. The average molecular weight is 455 g/mol. The van der Waals surface area contributed by atoms with E-state index in [9.17, 15) is 13.2 Å². The Morgan fingerprint density at radius 2 is 1.66 bits per heavy atom. The quantitative estimate of drug-likeness (QED) is 0.503. The van der Waals surface area contributed by atoms with Crippen molar-refractivity contribution in [3.05, 3.63) is 76.6 Å². The number of benzene rings is 2. The second kappa shape index (κ2) is 8.09. The van der Waals surface area contributed by atoms with Crippen LogP contribution in [0.1, 0.15) is 53.5 Å². The number of sulfone groups is 1. The predicted molar refractivity (Wildman–Crippen MR) is 126 cm³/mol. The van der Waals surface area contributed by atoms with Crippen LogP contribution in [0.25, 0.3) is 0 Å². The molecule has 4 N–H and O–H groups in total. The number of nitrogens with zero attached hydrogens (tertiary/aromatic N) is 1. The Morgan fingerprint density at radius 3 is 2.16 bits per heavy atom. The molecule has 0 spiro atoms. The monoisotopic (exact) mass is 454 g/mol. The van der Waals surface area contributed by atoms with Crippen LogP contribution in [0.4, 0.5) is 5.69 Å². The number of aryl methyl sites for hydroxylation is 3. The number of carbonyl (C=O) groups excluding carboxylic acids is 1.